The SMILES string of the molecule is COC(=O)c1cc(Oc2ccc(NS(=O)(=O)c3ccc(C)cc3)c(C(C)(C)O[Si]C(C)(C)C)c2)ccc1NS(=O)(=O)c1ccc(C)cc1. The lowest BCUT2D eigenvalue weighted by molar-refractivity contribution is 0.0601. The first-order valence-corrected chi connectivity index (χ1v) is 18.9. The second-order valence-corrected chi connectivity index (χ2v) is 18.1. The molecule has 10 nitrogen and oxygen atoms in total. The minimum absolute atomic E-state index is 0.00836. The van der Waals surface area contributed by atoms with Crippen LogP contribution >= 0.6 is 0 Å². The third-order valence-corrected chi connectivity index (χ3v) is 11.0. The van der Waals surface area contributed by atoms with E-state index in [0.717, 1.165) is 11.1 Å². The number of methoxy groups -OCH3 is 1. The van der Waals surface area contributed by atoms with Crippen molar-refractivity contribution in [3.63, 3.8) is 0 Å². The highest BCUT2D eigenvalue weighted by atomic mass is 32.2. The second-order valence-electron chi connectivity index (χ2n) is 12.8. The number of aryl methyl sites for hydroxylation is 2. The van der Waals surface area contributed by atoms with Crippen molar-refractivity contribution in [2.75, 3.05) is 16.6 Å². The van der Waals surface area contributed by atoms with Crippen LogP contribution in [0.1, 0.15) is 61.7 Å². The van der Waals surface area contributed by atoms with E-state index in [4.69, 9.17) is 13.9 Å². The summed E-state index contributed by atoms with van der Waals surface area (Å²) in [5.41, 5.74) is 1.64. The molecule has 0 aromatic heterocycles. The Morgan fingerprint density at radius 2 is 1.12 bits per heavy atom. The largest absolute Gasteiger partial charge is 0.465 e. The summed E-state index contributed by atoms with van der Waals surface area (Å²) < 4.78 is 75.5. The van der Waals surface area contributed by atoms with E-state index >= 15 is 0 Å². The summed E-state index contributed by atoms with van der Waals surface area (Å²) in [5.74, 6) is -0.243. The Hall–Kier alpha value is -4.17. The maximum absolute atomic E-state index is 13.4. The van der Waals surface area contributed by atoms with E-state index in [1.54, 1.807) is 54.6 Å². The number of benzene rings is 4. The number of hydrogen-bond acceptors (Lipinski definition) is 8. The predicted molar refractivity (Wildman–Crippen MR) is 188 cm³/mol. The number of hydrogen-bond donors (Lipinski definition) is 2. The molecule has 0 spiro atoms. The maximum atomic E-state index is 13.4. The molecule has 0 aliphatic heterocycles. The van der Waals surface area contributed by atoms with E-state index in [1.165, 1.54) is 37.4 Å². The van der Waals surface area contributed by atoms with Crippen LogP contribution in [0.25, 0.3) is 0 Å². The molecule has 0 amide bonds. The van der Waals surface area contributed by atoms with Gasteiger partial charge in [0.2, 0.25) is 9.76 Å². The third-order valence-electron chi connectivity index (χ3n) is 7.04. The van der Waals surface area contributed by atoms with Crippen LogP contribution in [0.4, 0.5) is 11.4 Å². The fourth-order valence-electron chi connectivity index (χ4n) is 4.44. The highest BCUT2D eigenvalue weighted by molar-refractivity contribution is 7.93. The van der Waals surface area contributed by atoms with Crippen molar-refractivity contribution in [1.29, 1.82) is 0 Å². The summed E-state index contributed by atoms with van der Waals surface area (Å²) in [6.45, 7) is 13.6. The first-order chi connectivity index (χ1) is 22.3. The van der Waals surface area contributed by atoms with Crippen LogP contribution in [0.2, 0.25) is 5.04 Å². The number of esters is 1. The van der Waals surface area contributed by atoms with Gasteiger partial charge in [-0.05, 0) is 93.4 Å². The van der Waals surface area contributed by atoms with Crippen molar-refractivity contribution in [3.05, 3.63) is 107 Å². The summed E-state index contributed by atoms with van der Waals surface area (Å²) in [6.07, 6.45) is 0. The number of carbonyl (C=O) groups is 1. The zero-order chi connectivity index (χ0) is 35.5. The average molecular weight is 709 g/mol. The minimum atomic E-state index is -4.01. The molecule has 13 heteroatoms. The average Bonchev–Trinajstić information content (AvgIpc) is 3.01. The quantitative estimate of drug-likeness (QED) is 0.114. The van der Waals surface area contributed by atoms with Gasteiger partial charge < -0.3 is 13.9 Å². The molecule has 254 valence electrons. The van der Waals surface area contributed by atoms with E-state index in [0.29, 0.717) is 17.0 Å². The molecule has 0 saturated carbocycles. The van der Waals surface area contributed by atoms with Crippen molar-refractivity contribution < 1.29 is 35.5 Å². The van der Waals surface area contributed by atoms with Crippen LogP contribution in [0.3, 0.4) is 0 Å². The van der Waals surface area contributed by atoms with E-state index < -0.39 is 31.6 Å². The summed E-state index contributed by atoms with van der Waals surface area (Å²) in [6, 6.07) is 22.0. The van der Waals surface area contributed by atoms with Crippen LogP contribution in [0, 0.1) is 13.8 Å². The van der Waals surface area contributed by atoms with Crippen molar-refractivity contribution >= 4 is 47.2 Å². The Labute approximate surface area is 285 Å². The van der Waals surface area contributed by atoms with Crippen molar-refractivity contribution in [3.8, 4) is 11.5 Å². The standard InChI is InChI=1S/C35H40N2O8S2Si/c1-23-9-15-27(16-10-23)46(39,40)36-31-19-13-25(21-29(31)33(38)43-8)44-26-14-20-32(30(22-26)35(6,7)45-48-34(3,4)5)37-47(41,42)28-17-11-24(2)12-18-28/h9-22,36-37H,1-8H3. The first-order valence-electron chi connectivity index (χ1n) is 15.0. The fourth-order valence-corrected chi connectivity index (χ4v) is 7.27. The van der Waals surface area contributed by atoms with Crippen LogP contribution in [0.15, 0.2) is 94.7 Å². The van der Waals surface area contributed by atoms with Gasteiger partial charge in [-0.1, -0.05) is 56.2 Å². The molecular formula is C35H40N2O8S2Si. The molecule has 4 rings (SSSR count). The molecule has 0 fully saturated rings. The van der Waals surface area contributed by atoms with Crippen molar-refractivity contribution in [2.45, 2.75) is 68.9 Å². The molecule has 4 aromatic carbocycles. The predicted octanol–water partition coefficient (Wildman–Crippen LogP) is 7.57. The van der Waals surface area contributed by atoms with Crippen molar-refractivity contribution in [2.24, 2.45) is 0 Å². The molecular weight excluding hydrogens is 669 g/mol. The summed E-state index contributed by atoms with van der Waals surface area (Å²) in [7, 11) is -6.67. The van der Waals surface area contributed by atoms with Gasteiger partial charge in [0.15, 0.2) is 0 Å². The minimum Gasteiger partial charge on any atom is -0.465 e. The molecule has 4 aromatic rings. The van der Waals surface area contributed by atoms with E-state index in [2.05, 4.69) is 9.44 Å². The van der Waals surface area contributed by atoms with Crippen LogP contribution in [-0.2, 0) is 34.8 Å². The van der Waals surface area contributed by atoms with E-state index in [9.17, 15) is 21.6 Å². The third kappa shape index (κ3) is 9.25. The van der Waals surface area contributed by atoms with Gasteiger partial charge in [-0.15, -0.1) is 0 Å². The number of carbonyl (C=O) groups excluding carboxylic acids is 1. The van der Waals surface area contributed by atoms with Gasteiger partial charge in [0.25, 0.3) is 20.0 Å². The molecule has 48 heavy (non-hydrogen) atoms. The number of rotatable bonds is 12. The maximum Gasteiger partial charge on any atom is 0.340 e. The van der Waals surface area contributed by atoms with Crippen LogP contribution in [-0.4, -0.2) is 39.7 Å². The monoisotopic (exact) mass is 708 g/mol. The van der Waals surface area contributed by atoms with Crippen LogP contribution < -0.4 is 14.2 Å². The Morgan fingerprint density at radius 1 is 0.667 bits per heavy atom. The van der Waals surface area contributed by atoms with Gasteiger partial charge in [-0.2, -0.15) is 0 Å². The zero-order valence-electron chi connectivity index (χ0n) is 28.2. The highest BCUT2D eigenvalue weighted by Crippen LogP contribution is 2.38. The zero-order valence-corrected chi connectivity index (χ0v) is 30.8. The topological polar surface area (TPSA) is 137 Å². The molecule has 2 radical (unpaired) electrons. The second kappa shape index (κ2) is 14.1. The first kappa shape index (κ1) is 36.7. The van der Waals surface area contributed by atoms with Gasteiger partial charge in [0, 0.05) is 5.56 Å². The summed E-state index contributed by atoms with van der Waals surface area (Å²) in [4.78, 5) is 12.9. The van der Waals surface area contributed by atoms with Gasteiger partial charge in [-0.25, -0.2) is 21.6 Å². The van der Waals surface area contributed by atoms with Crippen LogP contribution in [0.5, 0.6) is 11.5 Å². The molecule has 0 aliphatic rings. The molecule has 0 aliphatic carbocycles. The molecule has 0 bridgehead atoms. The molecule has 2 N–H and O–H groups in total. The normalized spacial score (nSPS) is 12.3. The number of nitrogens with one attached hydrogen (secondary N) is 2. The molecule has 0 unspecified atom stereocenters. The summed E-state index contributed by atoms with van der Waals surface area (Å²) >= 11 is 0. The molecule has 0 saturated heterocycles. The Morgan fingerprint density at radius 3 is 1.60 bits per heavy atom. The van der Waals surface area contributed by atoms with E-state index in [1.807, 2.05) is 48.5 Å². The van der Waals surface area contributed by atoms with Gasteiger partial charge in [-0.3, -0.25) is 9.44 Å². The Bertz CT molecular complexity index is 2010. The fraction of sp³-hybridized carbons (Fsp3) is 0.286. The molecule has 0 heterocycles. The lowest BCUT2D eigenvalue weighted by atomic mass is 9.96. The number of anilines is 2. The number of ether oxygens (including phenoxy) is 2. The smallest absolute Gasteiger partial charge is 0.340 e. The summed E-state index contributed by atoms with van der Waals surface area (Å²) in [5, 5.41) is -0.139. The Balaban J connectivity index is 1.71. The van der Waals surface area contributed by atoms with Gasteiger partial charge >= 0.3 is 5.97 Å². The lowest BCUT2D eigenvalue weighted by Crippen LogP contribution is -2.29. The molecule has 0 atom stereocenters. The van der Waals surface area contributed by atoms with Gasteiger partial charge in [0.1, 0.15) is 11.5 Å². The van der Waals surface area contributed by atoms with E-state index in [-0.39, 0.29) is 41.6 Å². The highest BCUT2D eigenvalue weighted by Gasteiger charge is 2.30. The van der Waals surface area contributed by atoms with Gasteiger partial charge in [0.05, 0.1) is 39.4 Å². The van der Waals surface area contributed by atoms with Crippen molar-refractivity contribution in [1.82, 2.24) is 0 Å². The number of sulfonamides is 2. The lowest BCUT2D eigenvalue weighted by Gasteiger charge is -2.31. The Kier molecular flexibility index (Phi) is 10.8.